The number of imidazole rings is 1. The minimum Gasteiger partial charge on any atom is -0.349 e. The van der Waals surface area contributed by atoms with Crippen molar-refractivity contribution in [1.29, 1.82) is 0 Å². The van der Waals surface area contributed by atoms with Crippen molar-refractivity contribution < 1.29 is 13.2 Å². The molecule has 0 amide bonds. The second kappa shape index (κ2) is 9.62. The van der Waals surface area contributed by atoms with Gasteiger partial charge in [-0.1, -0.05) is 43.0 Å². The number of nitrogens with zero attached hydrogens (tertiary/aromatic N) is 1. The Hall–Kier alpha value is -2.02. The van der Waals surface area contributed by atoms with E-state index in [1.54, 1.807) is 23.7 Å². The van der Waals surface area contributed by atoms with E-state index in [1.807, 2.05) is 6.20 Å². The number of aromatic nitrogens is 2. The summed E-state index contributed by atoms with van der Waals surface area (Å²) in [6.07, 6.45) is 1.87. The highest BCUT2D eigenvalue weighted by Crippen LogP contribution is 2.29. The molecule has 3 aromatic rings. The summed E-state index contributed by atoms with van der Waals surface area (Å²) in [5.41, 5.74) is 2.69. The number of hydrogen-bond donors (Lipinski definition) is 1. The fraction of sp³-hybridized carbons (Fsp3) is 0.316. The Morgan fingerprint density at radius 3 is 2.58 bits per heavy atom. The number of benzene rings is 1. The third-order valence-corrected chi connectivity index (χ3v) is 4.96. The molecule has 0 aliphatic rings. The topological polar surface area (TPSA) is 28.7 Å². The maximum Gasteiger partial charge on any atom is 0.416 e. The van der Waals surface area contributed by atoms with Crippen molar-refractivity contribution in [3.63, 3.8) is 0 Å². The van der Waals surface area contributed by atoms with Crippen molar-refractivity contribution in [3.8, 4) is 0 Å². The average molecular weight is 378 g/mol. The molecular weight excluding hydrogens is 356 g/mol. The third-order valence-electron chi connectivity index (χ3n) is 4.07. The average Bonchev–Trinajstić information content (AvgIpc) is 3.27. The number of halogens is 3. The lowest BCUT2D eigenvalue weighted by atomic mass is 9.66. The maximum absolute atomic E-state index is 12.6. The predicted octanol–water partition coefficient (Wildman–Crippen LogP) is 4.77. The van der Waals surface area contributed by atoms with Gasteiger partial charge in [-0.3, -0.25) is 0 Å². The van der Waals surface area contributed by atoms with Gasteiger partial charge in [-0.05, 0) is 41.7 Å². The zero-order valence-electron chi connectivity index (χ0n) is 14.9. The van der Waals surface area contributed by atoms with Crippen LogP contribution < -0.4 is 5.46 Å². The quantitative estimate of drug-likeness (QED) is 0.637. The number of alkyl halides is 3. The van der Waals surface area contributed by atoms with Crippen LogP contribution in [0.15, 0.2) is 48.2 Å². The van der Waals surface area contributed by atoms with Gasteiger partial charge in [0, 0.05) is 11.9 Å². The van der Waals surface area contributed by atoms with E-state index in [1.165, 1.54) is 28.2 Å². The van der Waals surface area contributed by atoms with Crippen LogP contribution in [0.1, 0.15) is 28.6 Å². The highest BCUT2D eigenvalue weighted by Gasteiger charge is 2.30. The van der Waals surface area contributed by atoms with Crippen molar-refractivity contribution >= 4 is 24.1 Å². The molecule has 0 atom stereocenters. The van der Waals surface area contributed by atoms with E-state index in [4.69, 9.17) is 0 Å². The standard InChI is InChI=1S/C14H14BF3S.C5H8N2/c1-10-13(6-8-19-10)15-7-5-11-3-2-4-12(9-11)14(16,17)18;1-2-5-3-6-4-7-5/h2-4,6,8-9,15H,5,7H2,1H3;3-4H,2H2,1H3,(H,6,7). The van der Waals surface area contributed by atoms with Gasteiger partial charge in [-0.25, -0.2) is 4.98 Å². The first kappa shape index (κ1) is 20.3. The first-order valence-electron chi connectivity index (χ1n) is 8.56. The molecule has 0 radical (unpaired) electrons. The van der Waals surface area contributed by atoms with Crippen molar-refractivity contribution in [2.75, 3.05) is 0 Å². The molecule has 0 fully saturated rings. The Morgan fingerprint density at radius 2 is 2.04 bits per heavy atom. The van der Waals surface area contributed by atoms with Crippen LogP contribution in [0.25, 0.3) is 0 Å². The minimum atomic E-state index is -4.25. The van der Waals surface area contributed by atoms with Crippen LogP contribution in [0.5, 0.6) is 0 Å². The highest BCUT2D eigenvalue weighted by atomic mass is 32.1. The lowest BCUT2D eigenvalue weighted by molar-refractivity contribution is -0.137. The van der Waals surface area contributed by atoms with Gasteiger partial charge in [0.15, 0.2) is 7.28 Å². The summed E-state index contributed by atoms with van der Waals surface area (Å²) < 4.78 is 37.7. The first-order chi connectivity index (χ1) is 12.4. The summed E-state index contributed by atoms with van der Waals surface area (Å²) in [5.74, 6) is 0. The van der Waals surface area contributed by atoms with Crippen molar-refractivity contribution in [2.45, 2.75) is 39.2 Å². The van der Waals surface area contributed by atoms with Crippen molar-refractivity contribution in [3.05, 3.63) is 69.9 Å². The molecule has 2 heterocycles. The number of rotatable bonds is 5. The summed E-state index contributed by atoms with van der Waals surface area (Å²) in [6.45, 7) is 4.16. The molecule has 3 rings (SSSR count). The summed E-state index contributed by atoms with van der Waals surface area (Å²) in [5, 5.41) is 2.05. The van der Waals surface area contributed by atoms with Crippen LogP contribution in [0.3, 0.4) is 0 Å². The van der Waals surface area contributed by atoms with Crippen LogP contribution in [0.2, 0.25) is 6.32 Å². The molecule has 0 bridgehead atoms. The van der Waals surface area contributed by atoms with Gasteiger partial charge >= 0.3 is 6.18 Å². The van der Waals surface area contributed by atoms with E-state index >= 15 is 0 Å². The van der Waals surface area contributed by atoms with Gasteiger partial charge in [-0.2, -0.15) is 13.2 Å². The molecule has 0 saturated carbocycles. The summed E-state index contributed by atoms with van der Waals surface area (Å²) in [7, 11) is 0.922. The van der Waals surface area contributed by atoms with E-state index in [-0.39, 0.29) is 0 Å². The zero-order valence-corrected chi connectivity index (χ0v) is 15.8. The summed E-state index contributed by atoms with van der Waals surface area (Å²) in [6, 6.07) is 7.70. The normalized spacial score (nSPS) is 11.0. The molecule has 0 unspecified atom stereocenters. The zero-order chi connectivity index (χ0) is 19.0. The van der Waals surface area contributed by atoms with Crippen molar-refractivity contribution in [2.24, 2.45) is 0 Å². The monoisotopic (exact) mass is 378 g/mol. The van der Waals surface area contributed by atoms with Crippen LogP contribution in [0, 0.1) is 6.92 Å². The fourth-order valence-electron chi connectivity index (χ4n) is 2.53. The smallest absolute Gasteiger partial charge is 0.349 e. The molecule has 0 aliphatic heterocycles. The Labute approximate surface area is 156 Å². The number of H-pyrrole nitrogens is 1. The van der Waals surface area contributed by atoms with Gasteiger partial charge in [0.1, 0.15) is 0 Å². The van der Waals surface area contributed by atoms with Crippen LogP contribution in [-0.4, -0.2) is 17.2 Å². The number of aromatic amines is 1. The fourth-order valence-corrected chi connectivity index (χ4v) is 3.29. The highest BCUT2D eigenvalue weighted by molar-refractivity contribution is 7.11. The van der Waals surface area contributed by atoms with E-state index in [9.17, 15) is 13.2 Å². The van der Waals surface area contributed by atoms with Crippen LogP contribution >= 0.6 is 11.3 Å². The lowest BCUT2D eigenvalue weighted by Crippen LogP contribution is -2.14. The van der Waals surface area contributed by atoms with E-state index in [0.29, 0.717) is 6.42 Å². The molecule has 1 aromatic carbocycles. The molecule has 2 nitrogen and oxygen atoms in total. The lowest BCUT2D eigenvalue weighted by Gasteiger charge is -2.08. The molecule has 0 aliphatic carbocycles. The Kier molecular flexibility index (Phi) is 7.51. The summed E-state index contributed by atoms with van der Waals surface area (Å²) >= 11 is 1.71. The Morgan fingerprint density at radius 1 is 1.23 bits per heavy atom. The van der Waals surface area contributed by atoms with E-state index < -0.39 is 11.7 Å². The van der Waals surface area contributed by atoms with Crippen molar-refractivity contribution in [1.82, 2.24) is 9.97 Å². The second-order valence-corrected chi connectivity index (χ2v) is 7.10. The van der Waals surface area contributed by atoms with E-state index in [0.717, 1.165) is 31.7 Å². The predicted molar refractivity (Wildman–Crippen MR) is 104 cm³/mol. The molecule has 0 spiro atoms. The number of aryl methyl sites for hydroxylation is 3. The van der Waals surface area contributed by atoms with E-state index in [2.05, 4.69) is 35.3 Å². The van der Waals surface area contributed by atoms with Crippen LogP contribution in [0.4, 0.5) is 13.2 Å². The van der Waals surface area contributed by atoms with Crippen LogP contribution in [-0.2, 0) is 19.0 Å². The minimum absolute atomic E-state index is 0.559. The molecule has 0 saturated heterocycles. The molecule has 1 N–H and O–H groups in total. The molecule has 138 valence electrons. The van der Waals surface area contributed by atoms with Gasteiger partial charge < -0.3 is 4.98 Å². The number of nitrogens with one attached hydrogen (secondary N) is 1. The molecular formula is C19H22BF3N2S. The second-order valence-electron chi connectivity index (χ2n) is 5.98. The molecule has 7 heteroatoms. The maximum atomic E-state index is 12.6. The summed E-state index contributed by atoms with van der Waals surface area (Å²) in [4.78, 5) is 8.11. The largest absolute Gasteiger partial charge is 0.416 e. The number of hydrogen-bond acceptors (Lipinski definition) is 2. The van der Waals surface area contributed by atoms with Gasteiger partial charge in [-0.15, -0.1) is 11.3 Å². The van der Waals surface area contributed by atoms with Gasteiger partial charge in [0.2, 0.25) is 0 Å². The van der Waals surface area contributed by atoms with Gasteiger partial charge in [0.25, 0.3) is 0 Å². The third kappa shape index (κ3) is 6.37. The first-order valence-corrected chi connectivity index (χ1v) is 9.44. The Balaban J connectivity index is 0.000000290. The number of thiophene rings is 1. The SMILES string of the molecule is CCc1cnc[nH]1.Cc1sccc1BCCc1cccc(C(F)(F)F)c1. The Bertz CT molecular complexity index is 782. The van der Waals surface area contributed by atoms with Gasteiger partial charge in [0.05, 0.1) is 11.9 Å². The molecule has 2 aromatic heterocycles. The molecule has 26 heavy (non-hydrogen) atoms.